The average Bonchev–Trinajstić information content (AvgIpc) is 2.81. The highest BCUT2D eigenvalue weighted by Crippen LogP contribution is 2.30. The Hall–Kier alpha value is -2.09. The molecule has 0 spiro atoms. The van der Waals surface area contributed by atoms with Crippen LogP contribution in [0.5, 0.6) is 0 Å². The van der Waals surface area contributed by atoms with Crippen molar-refractivity contribution in [1.82, 2.24) is 9.62 Å². The van der Waals surface area contributed by atoms with Crippen molar-refractivity contribution in [3.63, 3.8) is 0 Å². The molecule has 1 aliphatic rings. The molecule has 0 radical (unpaired) electrons. The zero-order valence-corrected chi connectivity index (χ0v) is 21.3. The molecule has 1 aliphatic carbocycles. The van der Waals surface area contributed by atoms with E-state index >= 15 is 0 Å². The fourth-order valence-corrected chi connectivity index (χ4v) is 5.96. The maximum Gasteiger partial charge on any atom is 0.243 e. The fourth-order valence-electron chi connectivity index (χ4n) is 4.13. The molecular formula is C25H23Cl3N2O3S. The van der Waals surface area contributed by atoms with Gasteiger partial charge in [-0.2, -0.15) is 4.31 Å². The zero-order chi connectivity index (χ0) is 24.3. The number of carbonyl (C=O) groups is 1. The molecule has 0 heterocycles. The largest absolute Gasteiger partial charge is 0.348 e. The Bertz CT molecular complexity index is 1300. The van der Waals surface area contributed by atoms with Crippen LogP contribution in [-0.4, -0.2) is 25.2 Å². The summed E-state index contributed by atoms with van der Waals surface area (Å²) in [6.07, 6.45) is 2.73. The minimum Gasteiger partial charge on any atom is -0.348 e. The maximum atomic E-state index is 13.5. The number of rotatable bonds is 7. The lowest BCUT2D eigenvalue weighted by atomic mass is 9.88. The molecule has 1 atom stereocenters. The third-order valence-electron chi connectivity index (χ3n) is 5.82. The molecule has 1 N–H and O–H groups in total. The maximum absolute atomic E-state index is 13.5. The van der Waals surface area contributed by atoms with Gasteiger partial charge in [-0.05, 0) is 72.4 Å². The zero-order valence-electron chi connectivity index (χ0n) is 18.2. The first kappa shape index (κ1) is 25.0. The number of aryl methyl sites for hydroxylation is 1. The van der Waals surface area contributed by atoms with Crippen molar-refractivity contribution in [3.05, 3.63) is 98.5 Å². The minimum absolute atomic E-state index is 0.0451. The first-order valence-corrected chi connectivity index (χ1v) is 13.4. The lowest BCUT2D eigenvalue weighted by Crippen LogP contribution is -2.42. The van der Waals surface area contributed by atoms with E-state index in [1.165, 1.54) is 29.8 Å². The molecule has 0 unspecified atom stereocenters. The van der Waals surface area contributed by atoms with Gasteiger partial charge < -0.3 is 5.32 Å². The highest BCUT2D eigenvalue weighted by Gasteiger charge is 2.29. The molecule has 1 amide bonds. The number of fused-ring (bicyclic) bond motifs is 1. The van der Waals surface area contributed by atoms with Crippen molar-refractivity contribution >= 4 is 50.7 Å². The molecule has 9 heteroatoms. The van der Waals surface area contributed by atoms with E-state index in [0.29, 0.717) is 20.6 Å². The number of hydrogen-bond donors (Lipinski definition) is 1. The summed E-state index contributed by atoms with van der Waals surface area (Å²) in [4.78, 5) is 13.1. The quantitative estimate of drug-likeness (QED) is 0.400. The number of benzene rings is 3. The van der Waals surface area contributed by atoms with Crippen LogP contribution in [-0.2, 0) is 27.8 Å². The summed E-state index contributed by atoms with van der Waals surface area (Å²) in [6, 6.07) is 18.6. The molecule has 0 saturated carbocycles. The van der Waals surface area contributed by atoms with E-state index in [0.717, 1.165) is 29.1 Å². The Labute approximate surface area is 214 Å². The molecule has 0 bridgehead atoms. The van der Waals surface area contributed by atoms with E-state index in [2.05, 4.69) is 11.4 Å². The number of hydrogen-bond acceptors (Lipinski definition) is 3. The molecule has 178 valence electrons. The van der Waals surface area contributed by atoms with Crippen molar-refractivity contribution in [2.75, 3.05) is 6.54 Å². The molecule has 5 nitrogen and oxygen atoms in total. The lowest BCUT2D eigenvalue weighted by molar-refractivity contribution is -0.122. The van der Waals surface area contributed by atoms with E-state index in [9.17, 15) is 13.2 Å². The number of halogens is 3. The second-order valence-corrected chi connectivity index (χ2v) is 11.4. The van der Waals surface area contributed by atoms with Gasteiger partial charge in [0.15, 0.2) is 0 Å². The van der Waals surface area contributed by atoms with Crippen LogP contribution in [0.4, 0.5) is 0 Å². The second kappa shape index (κ2) is 10.7. The Morgan fingerprint density at radius 3 is 2.44 bits per heavy atom. The molecule has 3 aromatic carbocycles. The van der Waals surface area contributed by atoms with Crippen LogP contribution in [0.1, 0.15) is 35.6 Å². The topological polar surface area (TPSA) is 66.5 Å². The number of amides is 1. The predicted octanol–water partition coefficient (Wildman–Crippen LogP) is 6.03. The summed E-state index contributed by atoms with van der Waals surface area (Å²) >= 11 is 18.1. The number of carbonyl (C=O) groups excluding carboxylic acids is 1. The standard InChI is InChI=1S/C25H23Cl3N2O3S/c26-19-9-11-20(12-10-19)34(32,33)30(15-17-8-13-22(27)23(28)14-17)16-25(31)29-24-7-3-5-18-4-1-2-6-21(18)24/h1-2,4,6,8-14,24H,3,5,7,15-16H2,(H,29,31)/t24-/m0/s1. The van der Waals surface area contributed by atoms with Gasteiger partial charge in [-0.3, -0.25) is 4.79 Å². The van der Waals surface area contributed by atoms with E-state index in [1.54, 1.807) is 18.2 Å². The van der Waals surface area contributed by atoms with Crippen molar-refractivity contribution in [1.29, 1.82) is 0 Å². The van der Waals surface area contributed by atoms with Crippen LogP contribution in [0.15, 0.2) is 71.6 Å². The van der Waals surface area contributed by atoms with Gasteiger partial charge in [-0.15, -0.1) is 0 Å². The first-order chi connectivity index (χ1) is 16.2. The second-order valence-electron chi connectivity index (χ2n) is 8.19. The van der Waals surface area contributed by atoms with E-state index in [1.807, 2.05) is 18.2 Å². The van der Waals surface area contributed by atoms with Gasteiger partial charge in [0, 0.05) is 11.6 Å². The van der Waals surface area contributed by atoms with Crippen LogP contribution in [0.3, 0.4) is 0 Å². The molecule has 0 aromatic heterocycles. The molecule has 0 saturated heterocycles. The predicted molar refractivity (Wildman–Crippen MR) is 136 cm³/mol. The summed E-state index contributed by atoms with van der Waals surface area (Å²) in [5, 5.41) is 4.13. The Morgan fingerprint density at radius 2 is 1.71 bits per heavy atom. The summed E-state index contributed by atoms with van der Waals surface area (Å²) in [7, 11) is -4.00. The van der Waals surface area contributed by atoms with Crippen molar-refractivity contribution in [3.8, 4) is 0 Å². The number of nitrogens with one attached hydrogen (secondary N) is 1. The summed E-state index contributed by atoms with van der Waals surface area (Å²) in [5.41, 5.74) is 2.90. The van der Waals surface area contributed by atoms with E-state index in [4.69, 9.17) is 34.8 Å². The van der Waals surface area contributed by atoms with Gasteiger partial charge in [-0.1, -0.05) is 65.1 Å². The SMILES string of the molecule is O=C(CN(Cc1ccc(Cl)c(Cl)c1)S(=O)(=O)c1ccc(Cl)cc1)N[C@H]1CCCc2ccccc21. The number of sulfonamides is 1. The molecule has 0 fully saturated rings. The molecule has 3 aromatic rings. The van der Waals surface area contributed by atoms with Crippen LogP contribution >= 0.6 is 34.8 Å². The van der Waals surface area contributed by atoms with Crippen LogP contribution in [0.2, 0.25) is 15.1 Å². The van der Waals surface area contributed by atoms with Gasteiger partial charge >= 0.3 is 0 Å². The third kappa shape index (κ3) is 5.75. The van der Waals surface area contributed by atoms with E-state index in [-0.39, 0.29) is 29.9 Å². The average molecular weight is 538 g/mol. The Balaban J connectivity index is 1.59. The highest BCUT2D eigenvalue weighted by molar-refractivity contribution is 7.89. The minimum atomic E-state index is -4.00. The highest BCUT2D eigenvalue weighted by atomic mass is 35.5. The molecular weight excluding hydrogens is 515 g/mol. The molecule has 34 heavy (non-hydrogen) atoms. The summed E-state index contributed by atoms with van der Waals surface area (Å²) in [6.45, 7) is -0.388. The smallest absolute Gasteiger partial charge is 0.243 e. The van der Waals surface area contributed by atoms with Gasteiger partial charge in [0.25, 0.3) is 0 Å². The summed E-state index contributed by atoms with van der Waals surface area (Å²) < 4.78 is 28.1. The lowest BCUT2D eigenvalue weighted by Gasteiger charge is -2.28. The van der Waals surface area contributed by atoms with Crippen molar-refractivity contribution in [2.45, 2.75) is 36.7 Å². The molecule has 0 aliphatic heterocycles. The van der Waals surface area contributed by atoms with Crippen molar-refractivity contribution < 1.29 is 13.2 Å². The van der Waals surface area contributed by atoms with Gasteiger partial charge in [0.1, 0.15) is 0 Å². The first-order valence-electron chi connectivity index (χ1n) is 10.8. The normalized spacial score (nSPS) is 15.7. The van der Waals surface area contributed by atoms with Gasteiger partial charge in [0.2, 0.25) is 15.9 Å². The monoisotopic (exact) mass is 536 g/mol. The van der Waals surface area contributed by atoms with Crippen LogP contribution in [0, 0.1) is 0 Å². The Kier molecular flexibility index (Phi) is 7.85. The van der Waals surface area contributed by atoms with Crippen LogP contribution < -0.4 is 5.32 Å². The fraction of sp³-hybridized carbons (Fsp3) is 0.240. The van der Waals surface area contributed by atoms with Crippen LogP contribution in [0.25, 0.3) is 0 Å². The third-order valence-corrected chi connectivity index (χ3v) is 8.62. The summed E-state index contributed by atoms with van der Waals surface area (Å²) in [5.74, 6) is -0.376. The molecule has 4 rings (SSSR count). The number of nitrogens with zero attached hydrogens (tertiary/aromatic N) is 1. The Morgan fingerprint density at radius 1 is 0.971 bits per heavy atom. The van der Waals surface area contributed by atoms with E-state index < -0.39 is 10.0 Å². The van der Waals surface area contributed by atoms with Gasteiger partial charge in [-0.25, -0.2) is 8.42 Å². The van der Waals surface area contributed by atoms with Gasteiger partial charge in [0.05, 0.1) is 27.5 Å². The van der Waals surface area contributed by atoms with Crippen molar-refractivity contribution in [2.24, 2.45) is 0 Å².